The first-order valence-corrected chi connectivity index (χ1v) is 7.01. The van der Waals surface area contributed by atoms with Crippen LogP contribution in [-0.2, 0) is 13.1 Å². The lowest BCUT2D eigenvalue weighted by molar-refractivity contribution is 0.459. The minimum atomic E-state index is 0.896. The van der Waals surface area contributed by atoms with Gasteiger partial charge in [-0.25, -0.2) is 0 Å². The van der Waals surface area contributed by atoms with E-state index in [0.29, 0.717) is 0 Å². The van der Waals surface area contributed by atoms with Crippen LogP contribution in [0.5, 0.6) is 0 Å². The average Bonchev–Trinajstić information content (AvgIpc) is 2.90. The number of hydrogen-bond donors (Lipinski definition) is 1. The van der Waals surface area contributed by atoms with Gasteiger partial charge in [0.05, 0.1) is 5.69 Å². The molecule has 1 aliphatic carbocycles. The second-order valence-corrected chi connectivity index (χ2v) is 5.46. The molecule has 0 aliphatic heterocycles. The summed E-state index contributed by atoms with van der Waals surface area (Å²) in [4.78, 5) is 0. The second kappa shape index (κ2) is 6.20. The molecule has 1 aromatic rings. The van der Waals surface area contributed by atoms with Crippen LogP contribution in [0.4, 0.5) is 0 Å². The molecule has 1 aliphatic rings. The van der Waals surface area contributed by atoms with E-state index in [4.69, 9.17) is 0 Å². The summed E-state index contributed by atoms with van der Waals surface area (Å²) in [6.45, 7) is 7.73. The zero-order valence-electron chi connectivity index (χ0n) is 11.2. The molecular weight excluding hydrogens is 210 g/mol. The van der Waals surface area contributed by atoms with Crippen LogP contribution < -0.4 is 5.32 Å². The number of rotatable bonds is 6. The Kier molecular flexibility index (Phi) is 4.60. The van der Waals surface area contributed by atoms with E-state index in [2.05, 4.69) is 35.0 Å². The highest BCUT2D eigenvalue weighted by Crippen LogP contribution is 2.29. The first kappa shape index (κ1) is 12.6. The van der Waals surface area contributed by atoms with E-state index >= 15 is 0 Å². The lowest BCUT2D eigenvalue weighted by Crippen LogP contribution is -2.22. The SMILES string of the molecule is CCCn1nccc1CNCC1CCC(C)C1. The van der Waals surface area contributed by atoms with Gasteiger partial charge >= 0.3 is 0 Å². The van der Waals surface area contributed by atoms with Crippen LogP contribution in [-0.4, -0.2) is 16.3 Å². The third kappa shape index (κ3) is 3.56. The summed E-state index contributed by atoms with van der Waals surface area (Å²) < 4.78 is 2.12. The molecule has 0 bridgehead atoms. The number of nitrogens with zero attached hydrogens (tertiary/aromatic N) is 2. The van der Waals surface area contributed by atoms with Gasteiger partial charge < -0.3 is 5.32 Å². The standard InChI is InChI=1S/C14H25N3/c1-3-8-17-14(6-7-16-17)11-15-10-13-5-4-12(2)9-13/h6-7,12-13,15H,3-5,8-11H2,1-2H3. The number of aryl methyl sites for hydroxylation is 1. The van der Waals surface area contributed by atoms with Gasteiger partial charge in [-0.3, -0.25) is 4.68 Å². The molecule has 2 unspecified atom stereocenters. The van der Waals surface area contributed by atoms with E-state index in [1.54, 1.807) is 0 Å². The number of aromatic nitrogens is 2. The van der Waals surface area contributed by atoms with Crippen LogP contribution in [0.3, 0.4) is 0 Å². The van der Waals surface area contributed by atoms with Crippen molar-refractivity contribution in [3.8, 4) is 0 Å². The van der Waals surface area contributed by atoms with Gasteiger partial charge in [0.25, 0.3) is 0 Å². The third-order valence-corrected chi connectivity index (χ3v) is 3.78. The molecule has 96 valence electrons. The lowest BCUT2D eigenvalue weighted by Gasteiger charge is -2.12. The van der Waals surface area contributed by atoms with Gasteiger partial charge in [-0.2, -0.15) is 5.10 Å². The van der Waals surface area contributed by atoms with E-state index in [9.17, 15) is 0 Å². The van der Waals surface area contributed by atoms with Crippen LogP contribution in [0.25, 0.3) is 0 Å². The fraction of sp³-hybridized carbons (Fsp3) is 0.786. The van der Waals surface area contributed by atoms with Gasteiger partial charge in [0.2, 0.25) is 0 Å². The monoisotopic (exact) mass is 235 g/mol. The van der Waals surface area contributed by atoms with E-state index in [0.717, 1.165) is 31.3 Å². The predicted octanol–water partition coefficient (Wildman–Crippen LogP) is 2.82. The molecule has 0 amide bonds. The first-order valence-electron chi connectivity index (χ1n) is 7.01. The van der Waals surface area contributed by atoms with Crippen LogP contribution in [0.2, 0.25) is 0 Å². The fourth-order valence-corrected chi connectivity index (χ4v) is 2.84. The summed E-state index contributed by atoms with van der Waals surface area (Å²) in [5.74, 6) is 1.83. The Bertz CT molecular complexity index is 332. The molecule has 2 atom stereocenters. The van der Waals surface area contributed by atoms with Gasteiger partial charge in [-0.05, 0) is 43.7 Å². The maximum absolute atomic E-state index is 4.35. The Labute approximate surface area is 105 Å². The molecule has 0 radical (unpaired) electrons. The number of hydrogen-bond acceptors (Lipinski definition) is 2. The molecule has 1 aromatic heterocycles. The molecule has 3 nitrogen and oxygen atoms in total. The van der Waals surface area contributed by atoms with Crippen LogP contribution in [0.15, 0.2) is 12.3 Å². The van der Waals surface area contributed by atoms with Gasteiger partial charge in [0, 0.05) is 19.3 Å². The Morgan fingerprint density at radius 2 is 2.35 bits per heavy atom. The molecule has 1 heterocycles. The van der Waals surface area contributed by atoms with Crippen molar-refractivity contribution in [1.82, 2.24) is 15.1 Å². The lowest BCUT2D eigenvalue weighted by atomic mass is 10.1. The van der Waals surface area contributed by atoms with Gasteiger partial charge in [0.1, 0.15) is 0 Å². The third-order valence-electron chi connectivity index (χ3n) is 3.78. The van der Waals surface area contributed by atoms with E-state index in [1.165, 1.54) is 31.5 Å². The van der Waals surface area contributed by atoms with E-state index < -0.39 is 0 Å². The minimum absolute atomic E-state index is 0.896. The zero-order valence-corrected chi connectivity index (χ0v) is 11.2. The predicted molar refractivity (Wildman–Crippen MR) is 70.7 cm³/mol. The molecular formula is C14H25N3. The Morgan fingerprint density at radius 3 is 3.06 bits per heavy atom. The van der Waals surface area contributed by atoms with Crippen molar-refractivity contribution in [3.63, 3.8) is 0 Å². The van der Waals surface area contributed by atoms with Gasteiger partial charge in [0.15, 0.2) is 0 Å². The van der Waals surface area contributed by atoms with Crippen molar-refractivity contribution >= 4 is 0 Å². The maximum Gasteiger partial charge on any atom is 0.0522 e. The molecule has 1 N–H and O–H groups in total. The summed E-state index contributed by atoms with van der Waals surface area (Å²) in [6, 6.07) is 2.12. The quantitative estimate of drug-likeness (QED) is 0.821. The number of nitrogens with one attached hydrogen (secondary N) is 1. The normalized spacial score (nSPS) is 24.4. The van der Waals surface area contributed by atoms with Crippen molar-refractivity contribution in [3.05, 3.63) is 18.0 Å². The van der Waals surface area contributed by atoms with E-state index in [-0.39, 0.29) is 0 Å². The van der Waals surface area contributed by atoms with Crippen molar-refractivity contribution in [1.29, 1.82) is 0 Å². The molecule has 1 fully saturated rings. The van der Waals surface area contributed by atoms with Crippen molar-refractivity contribution in [2.75, 3.05) is 6.54 Å². The molecule has 0 saturated heterocycles. The van der Waals surface area contributed by atoms with Crippen LogP contribution in [0.1, 0.15) is 45.2 Å². The Balaban J connectivity index is 1.72. The molecule has 2 rings (SSSR count). The summed E-state index contributed by atoms with van der Waals surface area (Å²) >= 11 is 0. The fourth-order valence-electron chi connectivity index (χ4n) is 2.84. The summed E-state index contributed by atoms with van der Waals surface area (Å²) in [5, 5.41) is 7.93. The largest absolute Gasteiger partial charge is 0.311 e. The minimum Gasteiger partial charge on any atom is -0.311 e. The van der Waals surface area contributed by atoms with Gasteiger partial charge in [-0.1, -0.05) is 20.3 Å². The first-order chi connectivity index (χ1) is 8.29. The molecule has 1 saturated carbocycles. The Hall–Kier alpha value is -0.830. The van der Waals surface area contributed by atoms with E-state index in [1.807, 2.05) is 6.20 Å². The van der Waals surface area contributed by atoms with Crippen LogP contribution >= 0.6 is 0 Å². The highest BCUT2D eigenvalue weighted by molar-refractivity contribution is 5.00. The smallest absolute Gasteiger partial charge is 0.0522 e. The van der Waals surface area contributed by atoms with Crippen molar-refractivity contribution in [2.24, 2.45) is 11.8 Å². The van der Waals surface area contributed by atoms with Crippen molar-refractivity contribution < 1.29 is 0 Å². The zero-order chi connectivity index (χ0) is 12.1. The second-order valence-electron chi connectivity index (χ2n) is 5.46. The highest BCUT2D eigenvalue weighted by Gasteiger charge is 2.20. The molecule has 3 heteroatoms. The summed E-state index contributed by atoms with van der Waals surface area (Å²) in [7, 11) is 0. The Morgan fingerprint density at radius 1 is 1.47 bits per heavy atom. The molecule has 17 heavy (non-hydrogen) atoms. The topological polar surface area (TPSA) is 29.9 Å². The summed E-state index contributed by atoms with van der Waals surface area (Å²) in [5.41, 5.74) is 1.32. The molecule has 0 aromatic carbocycles. The van der Waals surface area contributed by atoms with Crippen molar-refractivity contribution in [2.45, 2.75) is 52.6 Å². The maximum atomic E-state index is 4.35. The van der Waals surface area contributed by atoms with Gasteiger partial charge in [-0.15, -0.1) is 0 Å². The highest BCUT2D eigenvalue weighted by atomic mass is 15.3. The average molecular weight is 235 g/mol. The summed E-state index contributed by atoms with van der Waals surface area (Å²) in [6.07, 6.45) is 7.28. The molecule has 0 spiro atoms. The van der Waals surface area contributed by atoms with Crippen LogP contribution in [0, 0.1) is 11.8 Å².